The third-order valence-corrected chi connectivity index (χ3v) is 12.2. The Hall–Kier alpha value is -3.93. The number of sulfonamides is 1. The quantitative estimate of drug-likeness (QED) is 0.199. The van der Waals surface area contributed by atoms with Crippen LogP contribution in [0.3, 0.4) is 0 Å². The molecule has 0 spiro atoms. The Kier molecular flexibility index (Phi) is 8.60. The highest BCUT2D eigenvalue weighted by Crippen LogP contribution is 2.47. The van der Waals surface area contributed by atoms with Gasteiger partial charge in [0.15, 0.2) is 0 Å². The molecule has 4 heterocycles. The summed E-state index contributed by atoms with van der Waals surface area (Å²) in [5.41, 5.74) is 5.24. The molecule has 11 heteroatoms. The van der Waals surface area contributed by atoms with Crippen molar-refractivity contribution in [2.24, 2.45) is 11.3 Å². The second-order valence-electron chi connectivity index (χ2n) is 12.8. The summed E-state index contributed by atoms with van der Waals surface area (Å²) in [5, 5.41) is 11.9. The van der Waals surface area contributed by atoms with Crippen molar-refractivity contribution in [1.82, 2.24) is 24.3 Å². The van der Waals surface area contributed by atoms with Gasteiger partial charge in [0.1, 0.15) is 5.52 Å². The number of fused-ring (bicyclic) bond motifs is 2. The number of benzene rings is 2. The Morgan fingerprint density at radius 1 is 1.13 bits per heavy atom. The van der Waals surface area contributed by atoms with Crippen LogP contribution in [0.2, 0.25) is 0 Å². The lowest BCUT2D eigenvalue weighted by atomic mass is 9.72. The minimum atomic E-state index is -3.69. The number of nitrogens with zero attached hydrogens (tertiary/aromatic N) is 5. The molecule has 240 valence electrons. The van der Waals surface area contributed by atoms with Crippen molar-refractivity contribution in [3.63, 3.8) is 0 Å². The maximum Gasteiger partial charge on any atom is 0.243 e. The van der Waals surface area contributed by atoms with Gasteiger partial charge in [-0.05, 0) is 85.7 Å². The van der Waals surface area contributed by atoms with Crippen LogP contribution < -0.4 is 5.32 Å². The zero-order valence-electron chi connectivity index (χ0n) is 27.1. The zero-order valence-corrected chi connectivity index (χ0v) is 28.7. The van der Waals surface area contributed by atoms with E-state index in [1.165, 1.54) is 0 Å². The molecule has 9 nitrogen and oxygen atoms in total. The molecule has 5 aromatic rings. The number of hydrogen-bond acceptors (Lipinski definition) is 7. The van der Waals surface area contributed by atoms with Crippen molar-refractivity contribution in [2.45, 2.75) is 71.9 Å². The molecular formula is C35H40N6O3S2. The normalized spacial score (nSPS) is 17.4. The Balaban J connectivity index is 1.43. The van der Waals surface area contributed by atoms with E-state index >= 15 is 0 Å². The Morgan fingerprint density at radius 2 is 1.91 bits per heavy atom. The third-order valence-electron chi connectivity index (χ3n) is 9.16. The van der Waals surface area contributed by atoms with Gasteiger partial charge in [0.25, 0.3) is 0 Å². The van der Waals surface area contributed by atoms with Crippen molar-refractivity contribution >= 4 is 44.0 Å². The fraction of sp³-hybridized carbons (Fsp3) is 0.371. The van der Waals surface area contributed by atoms with Crippen molar-refractivity contribution in [1.29, 1.82) is 0 Å². The molecule has 2 aromatic carbocycles. The van der Waals surface area contributed by atoms with Gasteiger partial charge < -0.3 is 5.32 Å². The smallest absolute Gasteiger partial charge is 0.243 e. The SMILES string of the molecule is CCn1nnc2c(C)c([C@H](c3cc(CN4C[C@@H](C)Cc5ccccc5S4(=O)=O)c(C)s3)C(C)(C)C(=O)Nc3cccnc3)ccc21. The second kappa shape index (κ2) is 12.4. The van der Waals surface area contributed by atoms with E-state index in [-0.39, 0.29) is 24.3 Å². The van der Waals surface area contributed by atoms with Gasteiger partial charge in [-0.3, -0.25) is 9.78 Å². The van der Waals surface area contributed by atoms with Crippen molar-refractivity contribution in [2.75, 3.05) is 11.9 Å². The molecule has 1 aliphatic heterocycles. The Bertz CT molecular complexity index is 2020. The largest absolute Gasteiger partial charge is 0.324 e. The summed E-state index contributed by atoms with van der Waals surface area (Å²) in [5.74, 6) is -0.320. The van der Waals surface area contributed by atoms with Gasteiger partial charge in [-0.15, -0.1) is 16.4 Å². The van der Waals surface area contributed by atoms with E-state index in [2.05, 4.69) is 39.7 Å². The van der Waals surface area contributed by atoms with E-state index in [0.29, 0.717) is 30.1 Å². The minimum absolute atomic E-state index is 0.143. The summed E-state index contributed by atoms with van der Waals surface area (Å²) in [6.07, 6.45) is 4.02. The van der Waals surface area contributed by atoms with E-state index in [9.17, 15) is 13.2 Å². The number of rotatable bonds is 8. The van der Waals surface area contributed by atoms with Crippen LogP contribution in [0.4, 0.5) is 5.69 Å². The van der Waals surface area contributed by atoms with E-state index in [4.69, 9.17) is 0 Å². The first kappa shape index (κ1) is 32.0. The van der Waals surface area contributed by atoms with Gasteiger partial charge in [0.05, 0.1) is 27.7 Å². The first-order valence-corrected chi connectivity index (χ1v) is 17.9. The third kappa shape index (κ3) is 5.76. The lowest BCUT2D eigenvalue weighted by Crippen LogP contribution is -2.37. The lowest BCUT2D eigenvalue weighted by molar-refractivity contribution is -0.124. The van der Waals surface area contributed by atoms with Gasteiger partial charge in [-0.1, -0.05) is 50.3 Å². The number of amides is 1. The number of nitrogens with one attached hydrogen (secondary N) is 1. The van der Waals surface area contributed by atoms with E-state index in [0.717, 1.165) is 43.0 Å². The van der Waals surface area contributed by atoms with Crippen LogP contribution in [-0.4, -0.2) is 45.2 Å². The summed E-state index contributed by atoms with van der Waals surface area (Å²) in [7, 11) is -3.69. The Labute approximate surface area is 274 Å². The van der Waals surface area contributed by atoms with Crippen LogP contribution in [0.1, 0.15) is 65.6 Å². The fourth-order valence-electron chi connectivity index (χ4n) is 6.62. The Morgan fingerprint density at radius 3 is 2.65 bits per heavy atom. The van der Waals surface area contributed by atoms with Crippen LogP contribution in [0.5, 0.6) is 0 Å². The van der Waals surface area contributed by atoms with E-state index < -0.39 is 15.4 Å². The van der Waals surface area contributed by atoms with Crippen LogP contribution in [0.25, 0.3) is 11.0 Å². The number of anilines is 1. The number of thiophene rings is 1. The van der Waals surface area contributed by atoms with Crippen molar-refractivity contribution < 1.29 is 13.2 Å². The topological polar surface area (TPSA) is 110 Å². The maximum absolute atomic E-state index is 14.1. The van der Waals surface area contributed by atoms with Gasteiger partial charge in [-0.2, -0.15) is 4.31 Å². The predicted octanol–water partition coefficient (Wildman–Crippen LogP) is 6.70. The second-order valence-corrected chi connectivity index (χ2v) is 16.0. The molecule has 1 N–H and O–H groups in total. The van der Waals surface area contributed by atoms with Crippen molar-refractivity contribution in [3.05, 3.63) is 99.0 Å². The van der Waals surface area contributed by atoms with Gasteiger partial charge >= 0.3 is 0 Å². The molecule has 0 unspecified atom stereocenters. The van der Waals surface area contributed by atoms with Crippen molar-refractivity contribution in [3.8, 4) is 0 Å². The number of pyridine rings is 1. The van der Waals surface area contributed by atoms with Crippen LogP contribution >= 0.6 is 11.3 Å². The highest BCUT2D eigenvalue weighted by Gasteiger charge is 2.42. The number of hydrogen-bond donors (Lipinski definition) is 1. The standard InChI is InChI=1S/C35H40N6O3S2/c1-7-41-29-15-14-28(23(3)33(29)38-39-41)32(35(5,6)34(42)37-27-12-10-16-36-19-27)30-18-26(24(4)45-30)21-40-20-22(2)17-25-11-8-9-13-31(25)46(40,43)44/h8-16,18-19,22,32H,7,17,20-21H2,1-6H3,(H,37,42)/t22-,32+/m0/s1. The maximum atomic E-state index is 14.1. The number of carbonyl (C=O) groups excluding carboxylic acids is 1. The average Bonchev–Trinajstić information content (AvgIpc) is 3.59. The molecule has 46 heavy (non-hydrogen) atoms. The summed E-state index contributed by atoms with van der Waals surface area (Å²) in [6, 6.07) is 17.2. The lowest BCUT2D eigenvalue weighted by Gasteiger charge is -2.34. The van der Waals surface area contributed by atoms with Gasteiger partial charge in [0, 0.05) is 41.5 Å². The van der Waals surface area contributed by atoms with Gasteiger partial charge in [0.2, 0.25) is 15.9 Å². The molecule has 6 rings (SSSR count). The van der Waals surface area contributed by atoms with Crippen LogP contribution in [0.15, 0.2) is 71.9 Å². The average molecular weight is 657 g/mol. The van der Waals surface area contributed by atoms with E-state index in [1.54, 1.807) is 46.2 Å². The number of carbonyl (C=O) groups is 1. The molecule has 2 atom stereocenters. The summed E-state index contributed by atoms with van der Waals surface area (Å²) in [4.78, 5) is 20.7. The zero-order chi connectivity index (χ0) is 32.8. The van der Waals surface area contributed by atoms with Crippen LogP contribution in [-0.2, 0) is 34.3 Å². The molecule has 0 radical (unpaired) electrons. The predicted molar refractivity (Wildman–Crippen MR) is 182 cm³/mol. The number of aromatic nitrogens is 4. The fourth-order valence-corrected chi connectivity index (χ4v) is 9.74. The molecule has 1 amide bonds. The first-order chi connectivity index (χ1) is 21.9. The summed E-state index contributed by atoms with van der Waals surface area (Å²) in [6.45, 7) is 13.5. The molecular weight excluding hydrogens is 617 g/mol. The molecule has 3 aromatic heterocycles. The highest BCUT2D eigenvalue weighted by atomic mass is 32.2. The molecule has 1 aliphatic rings. The molecule has 0 bridgehead atoms. The first-order valence-electron chi connectivity index (χ1n) is 15.6. The van der Waals surface area contributed by atoms with Crippen LogP contribution in [0, 0.1) is 25.2 Å². The van der Waals surface area contributed by atoms with Gasteiger partial charge in [-0.25, -0.2) is 13.1 Å². The minimum Gasteiger partial charge on any atom is -0.324 e. The molecule has 0 aliphatic carbocycles. The summed E-state index contributed by atoms with van der Waals surface area (Å²) < 4.78 is 31.3. The monoisotopic (exact) mass is 656 g/mol. The highest BCUT2D eigenvalue weighted by molar-refractivity contribution is 7.89. The molecule has 0 saturated heterocycles. The molecule has 0 saturated carbocycles. The molecule has 0 fully saturated rings. The van der Waals surface area contributed by atoms with E-state index in [1.807, 2.05) is 63.6 Å². The summed E-state index contributed by atoms with van der Waals surface area (Å²) >= 11 is 1.62. The number of aryl methyl sites for hydroxylation is 3.